The first-order valence-electron chi connectivity index (χ1n) is 7.44. The fourth-order valence-corrected chi connectivity index (χ4v) is 3.78. The molecule has 2 aromatic carbocycles. The van der Waals surface area contributed by atoms with Crippen molar-refractivity contribution >= 4 is 35.6 Å². The summed E-state index contributed by atoms with van der Waals surface area (Å²) in [4.78, 5) is 0. The standard InChI is InChI=1S/C18H22B2Cl/c1-11-7-13(3)17(14(4)8-11)19-20(21)18-15(5)9-12(2)10-16(18)6/h7-10H,1-6H3. The molecule has 0 saturated heterocycles. The van der Waals surface area contributed by atoms with Crippen LogP contribution >= 0.6 is 11.5 Å². The third kappa shape index (κ3) is 3.55. The van der Waals surface area contributed by atoms with Crippen molar-refractivity contribution in [1.82, 2.24) is 0 Å². The van der Waals surface area contributed by atoms with Gasteiger partial charge in [-0.25, -0.2) is 0 Å². The monoisotopic (exact) mass is 295 g/mol. The minimum Gasteiger partial charge on any atom is -0.200 e. The smallest absolute Gasteiger partial charge is 0.200 e. The molecule has 0 amide bonds. The van der Waals surface area contributed by atoms with Crippen LogP contribution in [0.5, 0.6) is 0 Å². The van der Waals surface area contributed by atoms with Crippen LogP contribution in [0.1, 0.15) is 33.4 Å². The fraction of sp³-hybridized carbons (Fsp3) is 0.333. The Hall–Kier alpha value is -1.14. The molecule has 0 nitrogen and oxygen atoms in total. The number of benzene rings is 2. The van der Waals surface area contributed by atoms with Gasteiger partial charge < -0.3 is 0 Å². The molecule has 21 heavy (non-hydrogen) atoms. The Morgan fingerprint density at radius 2 is 1.10 bits per heavy atom. The maximum atomic E-state index is 6.73. The van der Waals surface area contributed by atoms with E-state index in [0.29, 0.717) is 0 Å². The summed E-state index contributed by atoms with van der Waals surface area (Å²) in [6, 6.07) is 8.76. The van der Waals surface area contributed by atoms with E-state index in [9.17, 15) is 0 Å². The van der Waals surface area contributed by atoms with Gasteiger partial charge in [0, 0.05) is 0 Å². The molecule has 0 aromatic heterocycles. The first kappa shape index (κ1) is 16.2. The first-order chi connectivity index (χ1) is 9.79. The van der Waals surface area contributed by atoms with Crippen LogP contribution in [-0.4, -0.2) is 13.2 Å². The topological polar surface area (TPSA) is 0 Å². The van der Waals surface area contributed by atoms with Gasteiger partial charge in [0.2, 0.25) is 6.02 Å². The summed E-state index contributed by atoms with van der Waals surface area (Å²) in [5, 5.41) is 0. The third-order valence-electron chi connectivity index (χ3n) is 4.06. The van der Waals surface area contributed by atoms with Crippen LogP contribution < -0.4 is 10.9 Å². The van der Waals surface area contributed by atoms with Crippen molar-refractivity contribution in [3.63, 3.8) is 0 Å². The Morgan fingerprint density at radius 1 is 0.714 bits per heavy atom. The van der Waals surface area contributed by atoms with E-state index >= 15 is 0 Å². The molecule has 3 heteroatoms. The third-order valence-corrected chi connectivity index (χ3v) is 4.41. The number of rotatable bonds is 3. The van der Waals surface area contributed by atoms with Crippen molar-refractivity contribution in [2.24, 2.45) is 0 Å². The van der Waals surface area contributed by atoms with E-state index in [2.05, 4.69) is 73.0 Å². The van der Waals surface area contributed by atoms with Crippen LogP contribution in [0.2, 0.25) is 0 Å². The van der Waals surface area contributed by atoms with Crippen molar-refractivity contribution in [2.45, 2.75) is 41.5 Å². The van der Waals surface area contributed by atoms with Crippen LogP contribution in [0.3, 0.4) is 0 Å². The van der Waals surface area contributed by atoms with Crippen molar-refractivity contribution in [3.05, 3.63) is 57.6 Å². The summed E-state index contributed by atoms with van der Waals surface area (Å²) >= 11 is 6.73. The molecule has 0 heterocycles. The maximum Gasteiger partial charge on any atom is 0.247 e. The average molecular weight is 295 g/mol. The summed E-state index contributed by atoms with van der Waals surface area (Å²) in [6.45, 7) is 12.9. The number of halogens is 1. The van der Waals surface area contributed by atoms with Gasteiger partial charge >= 0.3 is 0 Å². The van der Waals surface area contributed by atoms with Crippen LogP contribution in [0, 0.1) is 41.5 Å². The van der Waals surface area contributed by atoms with Crippen LogP contribution in [-0.2, 0) is 0 Å². The molecular formula is C18H22B2Cl. The van der Waals surface area contributed by atoms with Gasteiger partial charge in [-0.3, -0.25) is 0 Å². The van der Waals surface area contributed by atoms with Crippen LogP contribution in [0.25, 0.3) is 0 Å². The zero-order chi connectivity index (χ0) is 15.7. The van der Waals surface area contributed by atoms with Crippen LogP contribution in [0.15, 0.2) is 24.3 Å². The Bertz CT molecular complexity index is 631. The van der Waals surface area contributed by atoms with E-state index in [1.165, 1.54) is 44.3 Å². The zero-order valence-corrected chi connectivity index (χ0v) is 14.6. The fourth-order valence-electron chi connectivity index (χ4n) is 3.31. The Kier molecular flexibility index (Phi) is 4.88. The van der Waals surface area contributed by atoms with E-state index in [-0.39, 0.29) is 6.02 Å². The quantitative estimate of drug-likeness (QED) is 0.760. The van der Waals surface area contributed by atoms with Crippen LogP contribution in [0.4, 0.5) is 0 Å². The van der Waals surface area contributed by atoms with E-state index < -0.39 is 0 Å². The van der Waals surface area contributed by atoms with Crippen molar-refractivity contribution in [1.29, 1.82) is 0 Å². The molecule has 0 aliphatic carbocycles. The van der Waals surface area contributed by atoms with Gasteiger partial charge in [0.15, 0.2) is 0 Å². The Morgan fingerprint density at radius 3 is 1.52 bits per heavy atom. The second-order valence-corrected chi connectivity index (χ2v) is 6.66. The van der Waals surface area contributed by atoms with E-state index in [1.807, 2.05) is 0 Å². The highest BCUT2D eigenvalue weighted by Gasteiger charge is 2.21. The van der Waals surface area contributed by atoms with Crippen molar-refractivity contribution in [3.8, 4) is 0 Å². The lowest BCUT2D eigenvalue weighted by atomic mass is 9.31. The lowest BCUT2D eigenvalue weighted by molar-refractivity contribution is 1.35. The second-order valence-electron chi connectivity index (χ2n) is 6.19. The highest BCUT2D eigenvalue weighted by atomic mass is 35.5. The number of hydrogen-bond donors (Lipinski definition) is 0. The van der Waals surface area contributed by atoms with Gasteiger partial charge in [-0.1, -0.05) is 68.6 Å². The van der Waals surface area contributed by atoms with Gasteiger partial charge in [0.25, 0.3) is 0 Å². The molecule has 0 aliphatic heterocycles. The molecule has 0 aliphatic rings. The van der Waals surface area contributed by atoms with E-state index in [1.54, 1.807) is 0 Å². The number of hydrogen-bond acceptors (Lipinski definition) is 0. The van der Waals surface area contributed by atoms with Gasteiger partial charge in [0.05, 0.1) is 0 Å². The van der Waals surface area contributed by atoms with E-state index in [4.69, 9.17) is 11.5 Å². The summed E-state index contributed by atoms with van der Waals surface area (Å²) < 4.78 is 0. The Labute approximate surface area is 135 Å². The molecule has 1 radical (unpaired) electrons. The lowest BCUT2D eigenvalue weighted by Gasteiger charge is -2.17. The van der Waals surface area contributed by atoms with Gasteiger partial charge in [-0.05, 0) is 41.5 Å². The van der Waals surface area contributed by atoms with Gasteiger partial charge in [-0.15, -0.1) is 0 Å². The van der Waals surface area contributed by atoms with Crippen molar-refractivity contribution < 1.29 is 0 Å². The second kappa shape index (κ2) is 6.32. The van der Waals surface area contributed by atoms with E-state index in [0.717, 1.165) is 0 Å². The molecule has 0 N–H and O–H groups in total. The normalized spacial score (nSPS) is 10.6. The summed E-state index contributed by atoms with van der Waals surface area (Å²) in [7, 11) is 2.19. The predicted octanol–water partition coefficient (Wildman–Crippen LogP) is 3.50. The minimum absolute atomic E-state index is 0.0919. The molecule has 0 saturated carbocycles. The molecule has 107 valence electrons. The highest BCUT2D eigenvalue weighted by molar-refractivity contribution is 7.45. The largest absolute Gasteiger partial charge is 0.247 e. The molecule has 2 rings (SSSR count). The SMILES string of the molecule is Cc1cc(C)c([B]B(Cl)c2c(C)cc(C)cc2C)c(C)c1. The average Bonchev–Trinajstić information content (AvgIpc) is 2.32. The minimum atomic E-state index is -0.0919. The molecule has 0 spiro atoms. The molecular weight excluding hydrogens is 273 g/mol. The van der Waals surface area contributed by atoms with Gasteiger partial charge in [-0.2, -0.15) is 11.5 Å². The lowest BCUT2D eigenvalue weighted by Crippen LogP contribution is -2.42. The van der Waals surface area contributed by atoms with Crippen molar-refractivity contribution in [2.75, 3.05) is 0 Å². The Balaban J connectivity index is 2.37. The first-order valence-corrected chi connectivity index (χ1v) is 7.87. The summed E-state index contributed by atoms with van der Waals surface area (Å²) in [5.41, 5.74) is 10.2. The molecule has 0 fully saturated rings. The predicted molar refractivity (Wildman–Crippen MR) is 97.9 cm³/mol. The zero-order valence-electron chi connectivity index (χ0n) is 13.8. The molecule has 0 unspecified atom stereocenters. The molecule has 0 bridgehead atoms. The van der Waals surface area contributed by atoms with Gasteiger partial charge in [0.1, 0.15) is 7.17 Å². The highest BCUT2D eigenvalue weighted by Crippen LogP contribution is 2.10. The summed E-state index contributed by atoms with van der Waals surface area (Å²) in [6.07, 6.45) is 0. The molecule has 2 aromatic rings. The summed E-state index contributed by atoms with van der Waals surface area (Å²) in [5.74, 6) is 0. The molecule has 0 atom stereocenters. The maximum absolute atomic E-state index is 6.73. The number of aryl methyl sites for hydroxylation is 6.